The Labute approximate surface area is 133 Å². The standard InChI is InChI=1S/C14H18N6O3/c1-2-23-14(22)18-12-9-17-20(19-12)10-13(21)16-7-5-11-4-3-6-15-8-11/h3-4,6,8-9H,2,5,7,10H2,1H3,(H,16,21)(H,18,19,22). The van der Waals surface area contributed by atoms with Crippen molar-refractivity contribution in [2.45, 2.75) is 19.9 Å². The molecular weight excluding hydrogens is 300 g/mol. The number of aromatic nitrogens is 4. The van der Waals surface area contributed by atoms with E-state index in [4.69, 9.17) is 4.74 Å². The molecule has 0 saturated carbocycles. The highest BCUT2D eigenvalue weighted by atomic mass is 16.5. The minimum absolute atomic E-state index is 0.0302. The molecule has 2 aromatic heterocycles. The zero-order valence-electron chi connectivity index (χ0n) is 12.7. The predicted octanol–water partition coefficient (Wildman–Crippen LogP) is 0.600. The Morgan fingerprint density at radius 2 is 2.22 bits per heavy atom. The van der Waals surface area contributed by atoms with Crippen LogP contribution in [0.3, 0.4) is 0 Å². The molecule has 0 saturated heterocycles. The molecule has 9 nitrogen and oxygen atoms in total. The molecule has 0 aliphatic rings. The first-order chi connectivity index (χ1) is 11.2. The molecule has 0 spiro atoms. The van der Waals surface area contributed by atoms with E-state index in [1.807, 2.05) is 12.1 Å². The maximum absolute atomic E-state index is 11.8. The number of carbonyl (C=O) groups is 2. The van der Waals surface area contributed by atoms with Gasteiger partial charge in [-0.05, 0) is 25.0 Å². The SMILES string of the molecule is CCOC(=O)Nc1cnn(CC(=O)NCCc2cccnc2)n1. The molecule has 2 heterocycles. The van der Waals surface area contributed by atoms with Crippen LogP contribution >= 0.6 is 0 Å². The Morgan fingerprint density at radius 1 is 1.35 bits per heavy atom. The summed E-state index contributed by atoms with van der Waals surface area (Å²) in [5.74, 6) is 0.0128. The lowest BCUT2D eigenvalue weighted by Gasteiger charge is -2.04. The number of hydrogen-bond acceptors (Lipinski definition) is 6. The quantitative estimate of drug-likeness (QED) is 0.773. The van der Waals surface area contributed by atoms with Gasteiger partial charge >= 0.3 is 6.09 Å². The Hall–Kier alpha value is -2.97. The zero-order chi connectivity index (χ0) is 16.5. The predicted molar refractivity (Wildman–Crippen MR) is 81.6 cm³/mol. The van der Waals surface area contributed by atoms with Gasteiger partial charge in [-0.2, -0.15) is 9.90 Å². The average Bonchev–Trinajstić information content (AvgIpc) is 2.95. The third-order valence-electron chi connectivity index (χ3n) is 2.79. The van der Waals surface area contributed by atoms with Crippen LogP contribution in [-0.4, -0.2) is 45.1 Å². The summed E-state index contributed by atoms with van der Waals surface area (Å²) in [6.07, 6.45) is 4.89. The van der Waals surface area contributed by atoms with Gasteiger partial charge in [0, 0.05) is 18.9 Å². The van der Waals surface area contributed by atoms with Crippen LogP contribution in [0.4, 0.5) is 10.6 Å². The van der Waals surface area contributed by atoms with Crippen molar-refractivity contribution in [3.63, 3.8) is 0 Å². The molecule has 0 bridgehead atoms. The van der Waals surface area contributed by atoms with E-state index in [0.29, 0.717) is 13.0 Å². The normalized spacial score (nSPS) is 10.1. The molecule has 2 rings (SSSR count). The summed E-state index contributed by atoms with van der Waals surface area (Å²) in [4.78, 5) is 28.2. The fraction of sp³-hybridized carbons (Fsp3) is 0.357. The maximum atomic E-state index is 11.8. The third kappa shape index (κ3) is 5.73. The van der Waals surface area contributed by atoms with E-state index in [1.165, 1.54) is 11.0 Å². The van der Waals surface area contributed by atoms with Crippen LogP contribution in [-0.2, 0) is 22.5 Å². The van der Waals surface area contributed by atoms with E-state index in [0.717, 1.165) is 5.56 Å². The number of ether oxygens (including phenoxy) is 1. The van der Waals surface area contributed by atoms with E-state index < -0.39 is 6.09 Å². The molecule has 0 fully saturated rings. The summed E-state index contributed by atoms with van der Waals surface area (Å²) in [7, 11) is 0. The van der Waals surface area contributed by atoms with Gasteiger partial charge in [-0.3, -0.25) is 15.1 Å². The Balaban J connectivity index is 1.73. The van der Waals surface area contributed by atoms with E-state index in [2.05, 4.69) is 25.8 Å². The van der Waals surface area contributed by atoms with E-state index in [1.54, 1.807) is 19.3 Å². The van der Waals surface area contributed by atoms with Crippen molar-refractivity contribution in [3.05, 3.63) is 36.3 Å². The molecule has 0 aliphatic carbocycles. The van der Waals surface area contributed by atoms with Crippen LogP contribution in [0.25, 0.3) is 0 Å². The summed E-state index contributed by atoms with van der Waals surface area (Å²) in [5, 5.41) is 13.0. The first-order valence-electron chi connectivity index (χ1n) is 7.17. The van der Waals surface area contributed by atoms with Crippen molar-refractivity contribution >= 4 is 17.8 Å². The number of nitrogens with one attached hydrogen (secondary N) is 2. The Morgan fingerprint density at radius 3 is 2.96 bits per heavy atom. The van der Waals surface area contributed by atoms with Crippen LogP contribution in [0.15, 0.2) is 30.7 Å². The molecule has 0 aromatic carbocycles. The minimum Gasteiger partial charge on any atom is -0.450 e. The molecule has 2 aromatic rings. The van der Waals surface area contributed by atoms with Crippen molar-refractivity contribution in [2.75, 3.05) is 18.5 Å². The van der Waals surface area contributed by atoms with Crippen molar-refractivity contribution in [1.82, 2.24) is 25.3 Å². The molecular formula is C14H18N6O3. The molecule has 122 valence electrons. The maximum Gasteiger partial charge on any atom is 0.412 e. The highest BCUT2D eigenvalue weighted by molar-refractivity contribution is 5.83. The molecule has 23 heavy (non-hydrogen) atoms. The monoisotopic (exact) mass is 318 g/mol. The molecule has 0 atom stereocenters. The number of anilines is 1. The van der Waals surface area contributed by atoms with Gasteiger partial charge in [0.25, 0.3) is 0 Å². The second-order valence-electron chi connectivity index (χ2n) is 4.57. The summed E-state index contributed by atoms with van der Waals surface area (Å²) < 4.78 is 4.72. The smallest absolute Gasteiger partial charge is 0.412 e. The van der Waals surface area contributed by atoms with Crippen molar-refractivity contribution in [3.8, 4) is 0 Å². The number of carbonyl (C=O) groups excluding carboxylic acids is 2. The van der Waals surface area contributed by atoms with Gasteiger partial charge in [0.05, 0.1) is 12.8 Å². The summed E-state index contributed by atoms with van der Waals surface area (Å²) in [5.41, 5.74) is 1.05. The van der Waals surface area contributed by atoms with Crippen molar-refractivity contribution in [2.24, 2.45) is 0 Å². The van der Waals surface area contributed by atoms with Crippen LogP contribution < -0.4 is 10.6 Å². The van der Waals surface area contributed by atoms with Crippen molar-refractivity contribution in [1.29, 1.82) is 0 Å². The van der Waals surface area contributed by atoms with E-state index >= 15 is 0 Å². The first kappa shape index (κ1) is 16.4. The molecule has 2 amide bonds. The van der Waals surface area contributed by atoms with Gasteiger partial charge < -0.3 is 10.1 Å². The first-order valence-corrected chi connectivity index (χ1v) is 7.17. The summed E-state index contributed by atoms with van der Waals surface area (Å²) in [6.45, 7) is 2.43. The number of rotatable bonds is 7. The third-order valence-corrected chi connectivity index (χ3v) is 2.79. The lowest BCUT2D eigenvalue weighted by atomic mass is 10.2. The van der Waals surface area contributed by atoms with Crippen LogP contribution in [0.2, 0.25) is 0 Å². The highest BCUT2D eigenvalue weighted by Gasteiger charge is 2.08. The zero-order valence-corrected chi connectivity index (χ0v) is 12.7. The second-order valence-corrected chi connectivity index (χ2v) is 4.57. The molecule has 9 heteroatoms. The molecule has 0 aliphatic heterocycles. The van der Waals surface area contributed by atoms with Gasteiger partial charge in [-0.15, -0.1) is 5.10 Å². The minimum atomic E-state index is -0.611. The fourth-order valence-corrected chi connectivity index (χ4v) is 1.78. The lowest BCUT2D eigenvalue weighted by molar-refractivity contribution is -0.122. The Kier molecular flexibility index (Phi) is 6.04. The van der Waals surface area contributed by atoms with E-state index in [9.17, 15) is 9.59 Å². The van der Waals surface area contributed by atoms with Crippen LogP contribution in [0.1, 0.15) is 12.5 Å². The summed E-state index contributed by atoms with van der Waals surface area (Å²) in [6, 6.07) is 3.80. The highest BCUT2D eigenvalue weighted by Crippen LogP contribution is 2.00. The topological polar surface area (TPSA) is 111 Å². The van der Waals surface area contributed by atoms with Crippen LogP contribution in [0, 0.1) is 0 Å². The molecule has 2 N–H and O–H groups in total. The molecule has 0 radical (unpaired) electrons. The fourth-order valence-electron chi connectivity index (χ4n) is 1.78. The van der Waals surface area contributed by atoms with Gasteiger partial charge in [0.1, 0.15) is 6.54 Å². The largest absolute Gasteiger partial charge is 0.450 e. The summed E-state index contributed by atoms with van der Waals surface area (Å²) >= 11 is 0. The van der Waals surface area contributed by atoms with Gasteiger partial charge in [0.15, 0.2) is 5.82 Å². The van der Waals surface area contributed by atoms with Gasteiger partial charge in [-0.1, -0.05) is 6.07 Å². The van der Waals surface area contributed by atoms with E-state index in [-0.39, 0.29) is 24.9 Å². The van der Waals surface area contributed by atoms with Gasteiger partial charge in [0.2, 0.25) is 5.91 Å². The number of amides is 2. The number of pyridine rings is 1. The van der Waals surface area contributed by atoms with Crippen LogP contribution in [0.5, 0.6) is 0 Å². The lowest BCUT2D eigenvalue weighted by Crippen LogP contribution is -2.30. The number of hydrogen-bond donors (Lipinski definition) is 2. The van der Waals surface area contributed by atoms with Gasteiger partial charge in [-0.25, -0.2) is 4.79 Å². The second kappa shape index (κ2) is 8.47. The van der Waals surface area contributed by atoms with Crippen molar-refractivity contribution < 1.29 is 14.3 Å². The Bertz CT molecular complexity index is 643. The number of nitrogens with zero attached hydrogens (tertiary/aromatic N) is 4. The molecule has 0 unspecified atom stereocenters. The average molecular weight is 318 g/mol.